The molecule has 1 aromatic carbocycles. The predicted molar refractivity (Wildman–Crippen MR) is 148 cm³/mol. The first-order chi connectivity index (χ1) is 19.5. The van der Waals surface area contributed by atoms with Crippen LogP contribution in [0, 0.1) is 23.0 Å². The maximum atomic E-state index is 16.6. The van der Waals surface area contributed by atoms with Crippen LogP contribution in [0.4, 0.5) is 19.7 Å². The molecule has 206 valence electrons. The van der Waals surface area contributed by atoms with E-state index < -0.39 is 11.6 Å². The lowest BCUT2D eigenvalue weighted by molar-refractivity contribution is 0.0943. The molecule has 9 nitrogen and oxygen atoms in total. The van der Waals surface area contributed by atoms with Crippen LogP contribution in [0.3, 0.4) is 0 Å². The lowest BCUT2D eigenvalue weighted by Gasteiger charge is -2.30. The van der Waals surface area contributed by atoms with Gasteiger partial charge in [-0.25, -0.2) is 18.7 Å². The highest BCUT2D eigenvalue weighted by Gasteiger charge is 2.36. The minimum Gasteiger partial charge on any atom is -0.389 e. The van der Waals surface area contributed by atoms with E-state index in [-0.39, 0.29) is 50.6 Å². The molecule has 2 atom stereocenters. The van der Waals surface area contributed by atoms with Crippen molar-refractivity contribution in [2.45, 2.75) is 44.6 Å². The summed E-state index contributed by atoms with van der Waals surface area (Å²) in [6.45, 7) is 3.73. The SMILES string of the molecule is COC[C@H]1CCCN1[C@@H]1CCN(c2ncc3c4c(c(-c5ncc(F)c6sc(N)c(C#N)c56)c(F)c3n2)COC4)C1. The molecule has 0 aliphatic carbocycles. The molecule has 6 heterocycles. The molecule has 3 aromatic heterocycles. The highest BCUT2D eigenvalue weighted by atomic mass is 32.1. The summed E-state index contributed by atoms with van der Waals surface area (Å²) in [5.41, 5.74) is 8.01. The Bertz CT molecular complexity index is 1700. The molecular weight excluding hydrogens is 536 g/mol. The second-order valence-electron chi connectivity index (χ2n) is 10.6. The Labute approximate surface area is 233 Å². The number of nitriles is 1. The Morgan fingerprint density at radius 1 is 1.20 bits per heavy atom. The number of fused-ring (bicyclic) bond motifs is 4. The van der Waals surface area contributed by atoms with Crippen LogP contribution < -0.4 is 10.6 Å². The number of methoxy groups -OCH3 is 1. The van der Waals surface area contributed by atoms with Gasteiger partial charge in [-0.3, -0.25) is 9.88 Å². The van der Waals surface area contributed by atoms with Crippen molar-refractivity contribution in [3.63, 3.8) is 0 Å². The average molecular weight is 564 g/mol. The Morgan fingerprint density at radius 3 is 2.88 bits per heavy atom. The van der Waals surface area contributed by atoms with Crippen molar-refractivity contribution >= 4 is 43.3 Å². The van der Waals surface area contributed by atoms with Crippen LogP contribution in [0.2, 0.25) is 0 Å². The molecule has 0 spiro atoms. The zero-order chi connectivity index (χ0) is 27.5. The number of nitrogens with two attached hydrogens (primary N) is 1. The molecule has 2 saturated heterocycles. The summed E-state index contributed by atoms with van der Waals surface area (Å²) < 4.78 is 42.6. The van der Waals surface area contributed by atoms with Gasteiger partial charge in [-0.1, -0.05) is 0 Å². The fourth-order valence-corrected chi connectivity index (χ4v) is 7.52. The number of aromatic nitrogens is 3. The van der Waals surface area contributed by atoms with E-state index in [1.54, 1.807) is 13.3 Å². The van der Waals surface area contributed by atoms with Crippen molar-refractivity contribution < 1.29 is 18.3 Å². The van der Waals surface area contributed by atoms with Crippen LogP contribution >= 0.6 is 11.3 Å². The normalized spacial score (nSPS) is 21.1. The van der Waals surface area contributed by atoms with Crippen molar-refractivity contribution in [1.82, 2.24) is 19.9 Å². The Kier molecular flexibility index (Phi) is 6.27. The molecule has 0 radical (unpaired) electrons. The molecule has 2 N–H and O–H groups in total. The molecular formula is C28H27F2N7O2S. The van der Waals surface area contributed by atoms with Crippen LogP contribution in [0.15, 0.2) is 12.4 Å². The number of hydrogen-bond acceptors (Lipinski definition) is 10. The number of likely N-dealkylation sites (tertiary alicyclic amines) is 1. The zero-order valence-electron chi connectivity index (χ0n) is 21.9. The van der Waals surface area contributed by atoms with Crippen LogP contribution in [0.1, 0.15) is 36.0 Å². The summed E-state index contributed by atoms with van der Waals surface area (Å²) in [5, 5.41) is 10.7. The van der Waals surface area contributed by atoms with Gasteiger partial charge in [-0.05, 0) is 36.9 Å². The van der Waals surface area contributed by atoms with E-state index in [2.05, 4.69) is 19.8 Å². The van der Waals surface area contributed by atoms with Gasteiger partial charge < -0.3 is 20.1 Å². The van der Waals surface area contributed by atoms with Gasteiger partial charge >= 0.3 is 0 Å². The molecule has 0 bridgehead atoms. The van der Waals surface area contributed by atoms with E-state index in [9.17, 15) is 9.65 Å². The van der Waals surface area contributed by atoms with Crippen molar-refractivity contribution in [2.75, 3.05) is 44.0 Å². The van der Waals surface area contributed by atoms with Gasteiger partial charge in [0.05, 0.1) is 42.0 Å². The van der Waals surface area contributed by atoms with Gasteiger partial charge in [0, 0.05) is 54.8 Å². The van der Waals surface area contributed by atoms with Gasteiger partial charge in [0.15, 0.2) is 11.6 Å². The van der Waals surface area contributed by atoms with Gasteiger partial charge in [-0.15, -0.1) is 11.3 Å². The number of nitrogen functional groups attached to an aromatic ring is 1. The third kappa shape index (κ3) is 3.83. The summed E-state index contributed by atoms with van der Waals surface area (Å²) in [6, 6.07) is 2.82. The summed E-state index contributed by atoms with van der Waals surface area (Å²) in [5.74, 6) is -0.728. The second kappa shape index (κ2) is 9.85. The number of benzene rings is 1. The smallest absolute Gasteiger partial charge is 0.226 e. The number of thiophene rings is 1. The summed E-state index contributed by atoms with van der Waals surface area (Å²) in [4.78, 5) is 18.3. The maximum absolute atomic E-state index is 16.6. The maximum Gasteiger partial charge on any atom is 0.226 e. The standard InChI is InChI=1S/C28H27F2N7O2S/c1-38-11-15-3-2-5-37(15)14-4-6-36(10-14)28-34-8-17-18-12-39-13-19(18)21(23(30)24(17)35-28)25-22-16(7-31)27(32)40-26(22)20(29)9-33-25/h8-9,14-15H,2-6,10-13,32H2,1H3/t14-,15-/m1/s1. The molecule has 3 aliphatic rings. The largest absolute Gasteiger partial charge is 0.389 e. The quantitative estimate of drug-likeness (QED) is 0.378. The van der Waals surface area contributed by atoms with Crippen LogP contribution in [-0.2, 0) is 22.7 Å². The summed E-state index contributed by atoms with van der Waals surface area (Å²) in [7, 11) is 1.74. The molecule has 3 aliphatic heterocycles. The highest BCUT2D eigenvalue weighted by Crippen LogP contribution is 2.45. The van der Waals surface area contributed by atoms with Crippen LogP contribution in [0.5, 0.6) is 0 Å². The van der Waals surface area contributed by atoms with Crippen molar-refractivity contribution in [3.05, 3.63) is 40.7 Å². The van der Waals surface area contributed by atoms with Crippen LogP contribution in [-0.4, -0.2) is 65.3 Å². The third-order valence-electron chi connectivity index (χ3n) is 8.43. The van der Waals surface area contributed by atoms with Gasteiger partial charge in [-0.2, -0.15) is 5.26 Å². The zero-order valence-corrected chi connectivity index (χ0v) is 22.7. The van der Waals surface area contributed by atoms with E-state index in [1.165, 1.54) is 0 Å². The van der Waals surface area contributed by atoms with Crippen molar-refractivity contribution in [2.24, 2.45) is 0 Å². The topological polar surface area (TPSA) is 113 Å². The van der Waals surface area contributed by atoms with Crippen molar-refractivity contribution in [1.29, 1.82) is 5.26 Å². The van der Waals surface area contributed by atoms with E-state index in [0.717, 1.165) is 68.6 Å². The number of nitrogens with zero attached hydrogens (tertiary/aromatic N) is 6. The number of halogens is 2. The number of ether oxygens (including phenoxy) is 2. The van der Waals surface area contributed by atoms with E-state index in [0.29, 0.717) is 29.0 Å². The molecule has 2 fully saturated rings. The Balaban J connectivity index is 1.33. The fourth-order valence-electron chi connectivity index (χ4n) is 6.60. The first-order valence-electron chi connectivity index (χ1n) is 13.3. The van der Waals surface area contributed by atoms with Crippen LogP contribution in [0.25, 0.3) is 32.2 Å². The fraction of sp³-hybridized carbons (Fsp3) is 0.429. The monoisotopic (exact) mass is 563 g/mol. The molecule has 0 amide bonds. The predicted octanol–water partition coefficient (Wildman–Crippen LogP) is 4.36. The summed E-state index contributed by atoms with van der Waals surface area (Å²) >= 11 is 0.957. The van der Waals surface area contributed by atoms with Gasteiger partial charge in [0.25, 0.3) is 0 Å². The highest BCUT2D eigenvalue weighted by molar-refractivity contribution is 7.23. The Morgan fingerprint density at radius 2 is 2.05 bits per heavy atom. The van der Waals surface area contributed by atoms with E-state index >= 15 is 4.39 Å². The first-order valence-corrected chi connectivity index (χ1v) is 14.2. The van der Waals surface area contributed by atoms with E-state index in [1.807, 2.05) is 6.07 Å². The molecule has 4 aromatic rings. The van der Waals surface area contributed by atoms with Crippen molar-refractivity contribution in [3.8, 4) is 17.3 Å². The van der Waals surface area contributed by atoms with Gasteiger partial charge in [0.1, 0.15) is 16.6 Å². The molecule has 0 unspecified atom stereocenters. The lowest BCUT2D eigenvalue weighted by atomic mass is 9.94. The number of anilines is 2. The Hall–Kier alpha value is -3.50. The second-order valence-corrected chi connectivity index (χ2v) is 11.6. The molecule has 0 saturated carbocycles. The number of rotatable bonds is 5. The molecule has 7 rings (SSSR count). The third-order valence-corrected chi connectivity index (χ3v) is 9.46. The molecule has 12 heteroatoms. The lowest BCUT2D eigenvalue weighted by Crippen LogP contribution is -2.42. The number of hydrogen-bond donors (Lipinski definition) is 1. The molecule has 40 heavy (non-hydrogen) atoms. The average Bonchev–Trinajstić information content (AvgIpc) is 3.76. The minimum absolute atomic E-state index is 0.0920. The first kappa shape index (κ1) is 25.5. The minimum atomic E-state index is -0.606. The summed E-state index contributed by atoms with van der Waals surface area (Å²) in [6.07, 6.45) is 5.98. The van der Waals surface area contributed by atoms with Gasteiger partial charge in [0.2, 0.25) is 5.95 Å². The number of pyridine rings is 1. The van der Waals surface area contributed by atoms with E-state index in [4.69, 9.17) is 20.2 Å².